The summed E-state index contributed by atoms with van der Waals surface area (Å²) >= 11 is 3.45. The maximum Gasteiger partial charge on any atom is 0.220 e. The molecule has 0 radical (unpaired) electrons. The van der Waals surface area contributed by atoms with Gasteiger partial charge in [0.2, 0.25) is 5.91 Å². The average molecular weight is 388 g/mol. The average Bonchev–Trinajstić information content (AvgIpc) is 3.13. The van der Waals surface area contributed by atoms with Crippen molar-refractivity contribution in [1.29, 1.82) is 0 Å². The molecule has 1 aromatic heterocycles. The minimum atomic E-state index is 0.0783. The highest BCUT2D eigenvalue weighted by molar-refractivity contribution is 9.10. The van der Waals surface area contributed by atoms with Gasteiger partial charge in [-0.3, -0.25) is 4.79 Å². The first-order chi connectivity index (χ1) is 11.7. The zero-order valence-electron chi connectivity index (χ0n) is 13.7. The molecule has 0 bridgehead atoms. The maximum absolute atomic E-state index is 12.1. The molecule has 4 nitrogen and oxygen atoms in total. The van der Waals surface area contributed by atoms with Crippen molar-refractivity contribution in [2.75, 3.05) is 18.0 Å². The van der Waals surface area contributed by atoms with Crippen LogP contribution in [0.3, 0.4) is 0 Å². The lowest BCUT2D eigenvalue weighted by Gasteiger charge is -2.17. The maximum atomic E-state index is 12.1. The van der Waals surface area contributed by atoms with Crippen molar-refractivity contribution in [1.82, 2.24) is 10.3 Å². The molecule has 3 rings (SSSR count). The largest absolute Gasteiger partial charge is 0.357 e. The molecule has 126 valence electrons. The normalized spacial score (nSPS) is 14.0. The summed E-state index contributed by atoms with van der Waals surface area (Å²) in [6, 6.07) is 12.1. The van der Waals surface area contributed by atoms with E-state index >= 15 is 0 Å². The van der Waals surface area contributed by atoms with Gasteiger partial charge in [0.15, 0.2) is 0 Å². The highest BCUT2D eigenvalue weighted by Gasteiger charge is 2.13. The lowest BCUT2D eigenvalue weighted by molar-refractivity contribution is -0.121. The Morgan fingerprint density at radius 3 is 2.79 bits per heavy atom. The van der Waals surface area contributed by atoms with Gasteiger partial charge in [-0.05, 0) is 54.7 Å². The third-order valence-electron chi connectivity index (χ3n) is 4.26. The summed E-state index contributed by atoms with van der Waals surface area (Å²) in [5, 5.41) is 3.00. The summed E-state index contributed by atoms with van der Waals surface area (Å²) in [7, 11) is 0. The van der Waals surface area contributed by atoms with Crippen LogP contribution in [-0.2, 0) is 17.8 Å². The molecule has 1 N–H and O–H groups in total. The van der Waals surface area contributed by atoms with Gasteiger partial charge in [0.25, 0.3) is 0 Å². The number of hydrogen-bond donors (Lipinski definition) is 1. The first-order valence-corrected chi connectivity index (χ1v) is 9.21. The first-order valence-electron chi connectivity index (χ1n) is 8.42. The first kappa shape index (κ1) is 17.0. The van der Waals surface area contributed by atoms with Gasteiger partial charge in [-0.25, -0.2) is 4.98 Å². The lowest BCUT2D eigenvalue weighted by Crippen LogP contribution is -2.24. The van der Waals surface area contributed by atoms with E-state index < -0.39 is 0 Å². The Hall–Kier alpha value is -1.88. The second-order valence-electron chi connectivity index (χ2n) is 6.12. The quantitative estimate of drug-likeness (QED) is 0.821. The monoisotopic (exact) mass is 387 g/mol. The van der Waals surface area contributed by atoms with Crippen molar-refractivity contribution in [3.8, 4) is 0 Å². The zero-order valence-corrected chi connectivity index (χ0v) is 15.3. The van der Waals surface area contributed by atoms with E-state index in [4.69, 9.17) is 0 Å². The molecule has 0 atom stereocenters. The highest BCUT2D eigenvalue weighted by atomic mass is 79.9. The Balaban J connectivity index is 1.48. The van der Waals surface area contributed by atoms with Crippen LogP contribution < -0.4 is 10.2 Å². The fourth-order valence-corrected chi connectivity index (χ4v) is 3.38. The van der Waals surface area contributed by atoms with Crippen molar-refractivity contribution in [2.45, 2.75) is 32.2 Å². The summed E-state index contributed by atoms with van der Waals surface area (Å²) in [6.45, 7) is 2.71. The summed E-state index contributed by atoms with van der Waals surface area (Å²) in [5.74, 6) is 1.10. The predicted molar refractivity (Wildman–Crippen MR) is 100.0 cm³/mol. The number of hydrogen-bond acceptors (Lipinski definition) is 3. The van der Waals surface area contributed by atoms with Crippen LogP contribution in [0, 0.1) is 0 Å². The molecule has 1 amide bonds. The van der Waals surface area contributed by atoms with Gasteiger partial charge >= 0.3 is 0 Å². The fraction of sp³-hybridized carbons (Fsp3) is 0.368. The van der Waals surface area contributed by atoms with Gasteiger partial charge in [-0.1, -0.05) is 28.1 Å². The van der Waals surface area contributed by atoms with Gasteiger partial charge in [-0.2, -0.15) is 0 Å². The molecule has 0 saturated carbocycles. The van der Waals surface area contributed by atoms with Crippen LogP contribution >= 0.6 is 15.9 Å². The number of carbonyl (C=O) groups excluding carboxylic acids is 1. The number of nitrogens with one attached hydrogen (secondary N) is 1. The van der Waals surface area contributed by atoms with E-state index in [-0.39, 0.29) is 5.91 Å². The molecular formula is C19H22BrN3O. The van der Waals surface area contributed by atoms with Crippen LogP contribution in [0.15, 0.2) is 47.1 Å². The molecule has 1 fully saturated rings. The van der Waals surface area contributed by atoms with Gasteiger partial charge in [0.05, 0.1) is 0 Å². The van der Waals surface area contributed by atoms with E-state index in [2.05, 4.69) is 43.3 Å². The molecule has 5 heteroatoms. The Bertz CT molecular complexity index is 699. The Morgan fingerprint density at radius 1 is 1.17 bits per heavy atom. The molecule has 1 saturated heterocycles. The number of carbonyl (C=O) groups is 1. The molecule has 24 heavy (non-hydrogen) atoms. The standard InChI is InChI=1S/C19H22BrN3O/c20-17-5-3-4-15(12-17)6-7-19(24)22-14-16-8-9-21-18(13-16)23-10-1-2-11-23/h3-5,8-9,12-13H,1-2,6-7,10-11,14H2,(H,22,24). The molecule has 0 unspecified atom stereocenters. The number of benzene rings is 1. The van der Waals surface area contributed by atoms with Crippen LogP contribution in [0.5, 0.6) is 0 Å². The minimum absolute atomic E-state index is 0.0783. The number of amides is 1. The number of nitrogens with zero attached hydrogens (tertiary/aromatic N) is 2. The van der Waals surface area contributed by atoms with Gasteiger partial charge < -0.3 is 10.2 Å². The topological polar surface area (TPSA) is 45.2 Å². The number of pyridine rings is 1. The minimum Gasteiger partial charge on any atom is -0.357 e. The van der Waals surface area contributed by atoms with E-state index in [0.717, 1.165) is 35.4 Å². The molecule has 0 aliphatic carbocycles. The molecule has 1 aromatic carbocycles. The van der Waals surface area contributed by atoms with E-state index in [0.29, 0.717) is 13.0 Å². The predicted octanol–water partition coefficient (Wildman–Crippen LogP) is 3.69. The van der Waals surface area contributed by atoms with Crippen LogP contribution in [-0.4, -0.2) is 24.0 Å². The Labute approximate surface area is 151 Å². The van der Waals surface area contributed by atoms with Crippen molar-refractivity contribution in [3.05, 3.63) is 58.2 Å². The fourth-order valence-electron chi connectivity index (χ4n) is 2.93. The van der Waals surface area contributed by atoms with Gasteiger partial charge in [0.1, 0.15) is 5.82 Å². The van der Waals surface area contributed by atoms with Crippen LogP contribution in [0.2, 0.25) is 0 Å². The highest BCUT2D eigenvalue weighted by Crippen LogP contribution is 2.18. The molecule has 1 aliphatic heterocycles. The van der Waals surface area contributed by atoms with Gasteiger partial charge in [0, 0.05) is 36.7 Å². The second kappa shape index (κ2) is 8.29. The molecule has 0 spiro atoms. The summed E-state index contributed by atoms with van der Waals surface area (Å²) < 4.78 is 1.05. The molecule has 1 aliphatic rings. The number of aryl methyl sites for hydroxylation is 1. The van der Waals surface area contributed by atoms with Crippen molar-refractivity contribution < 1.29 is 4.79 Å². The number of rotatable bonds is 6. The van der Waals surface area contributed by atoms with Crippen LogP contribution in [0.4, 0.5) is 5.82 Å². The lowest BCUT2D eigenvalue weighted by atomic mass is 10.1. The summed E-state index contributed by atoms with van der Waals surface area (Å²) in [4.78, 5) is 18.8. The van der Waals surface area contributed by atoms with Gasteiger partial charge in [-0.15, -0.1) is 0 Å². The zero-order chi connectivity index (χ0) is 16.8. The van der Waals surface area contributed by atoms with E-state index in [1.807, 2.05) is 30.5 Å². The smallest absolute Gasteiger partial charge is 0.220 e. The van der Waals surface area contributed by atoms with Crippen LogP contribution in [0.1, 0.15) is 30.4 Å². The number of aromatic nitrogens is 1. The third-order valence-corrected chi connectivity index (χ3v) is 4.75. The molecular weight excluding hydrogens is 366 g/mol. The van der Waals surface area contributed by atoms with E-state index in [1.54, 1.807) is 0 Å². The Morgan fingerprint density at radius 2 is 2.00 bits per heavy atom. The third kappa shape index (κ3) is 4.81. The van der Waals surface area contributed by atoms with Crippen LogP contribution in [0.25, 0.3) is 0 Å². The van der Waals surface area contributed by atoms with Crippen molar-refractivity contribution in [3.63, 3.8) is 0 Å². The SMILES string of the molecule is O=C(CCc1cccc(Br)c1)NCc1ccnc(N2CCCC2)c1. The second-order valence-corrected chi connectivity index (χ2v) is 7.04. The van der Waals surface area contributed by atoms with Crippen molar-refractivity contribution >= 4 is 27.7 Å². The van der Waals surface area contributed by atoms with E-state index in [1.165, 1.54) is 18.4 Å². The van der Waals surface area contributed by atoms with Crippen molar-refractivity contribution in [2.24, 2.45) is 0 Å². The number of halogens is 1. The summed E-state index contributed by atoms with van der Waals surface area (Å²) in [5.41, 5.74) is 2.27. The molecule has 2 aromatic rings. The van der Waals surface area contributed by atoms with E-state index in [9.17, 15) is 4.79 Å². The number of anilines is 1. The Kier molecular flexibility index (Phi) is 5.86. The molecule has 2 heterocycles. The summed E-state index contributed by atoms with van der Waals surface area (Å²) in [6.07, 6.45) is 5.55.